The van der Waals surface area contributed by atoms with E-state index in [1.54, 1.807) is 0 Å². The zero-order valence-electron chi connectivity index (χ0n) is 6.52. The van der Waals surface area contributed by atoms with Gasteiger partial charge in [-0.15, -0.1) is 0 Å². The van der Waals surface area contributed by atoms with Gasteiger partial charge in [0.1, 0.15) is 0 Å². The molecule has 0 atom stereocenters. The van der Waals surface area contributed by atoms with Crippen molar-refractivity contribution in [1.82, 2.24) is 0 Å². The first-order valence-corrected chi connectivity index (χ1v) is 4.05. The number of alkyl halides is 2. The average Bonchev–Trinajstić information content (AvgIpc) is 2.63. The second-order valence-corrected chi connectivity index (χ2v) is 3.79. The third-order valence-corrected chi connectivity index (χ3v) is 2.74. The average molecular weight is 173 g/mol. The quantitative estimate of drug-likeness (QED) is 0.463. The minimum atomic E-state index is -2.59. The van der Waals surface area contributed by atoms with Gasteiger partial charge in [-0.1, -0.05) is 0 Å². The van der Waals surface area contributed by atoms with E-state index in [0.29, 0.717) is 0 Å². The van der Waals surface area contributed by atoms with Gasteiger partial charge in [-0.05, 0) is 18.8 Å². The highest BCUT2D eigenvalue weighted by atomic mass is 19.3. The van der Waals surface area contributed by atoms with Crippen molar-refractivity contribution >= 4 is 6.08 Å². The summed E-state index contributed by atoms with van der Waals surface area (Å²) >= 11 is 0. The van der Waals surface area contributed by atoms with Gasteiger partial charge in [0, 0.05) is 12.8 Å². The molecule has 2 aliphatic carbocycles. The Morgan fingerprint density at radius 1 is 1.33 bits per heavy atom. The third kappa shape index (κ3) is 1.07. The van der Waals surface area contributed by atoms with Gasteiger partial charge in [0.15, 0.2) is 0 Å². The number of hydrogen-bond acceptors (Lipinski definition) is 2. The van der Waals surface area contributed by atoms with E-state index >= 15 is 0 Å². The molecule has 0 radical (unpaired) electrons. The lowest BCUT2D eigenvalue weighted by Gasteiger charge is -2.43. The fraction of sp³-hybridized carbons (Fsp3) is 0.875. The summed E-state index contributed by atoms with van der Waals surface area (Å²) in [6.45, 7) is 0. The van der Waals surface area contributed by atoms with E-state index in [1.807, 2.05) is 0 Å². The summed E-state index contributed by atoms with van der Waals surface area (Å²) in [5.74, 6) is -2.37. The molecule has 2 rings (SSSR count). The van der Waals surface area contributed by atoms with Crippen molar-refractivity contribution in [2.45, 2.75) is 37.1 Å². The fourth-order valence-corrected chi connectivity index (χ4v) is 2.01. The molecule has 4 heteroatoms. The first-order chi connectivity index (χ1) is 5.58. The van der Waals surface area contributed by atoms with Crippen LogP contribution in [-0.4, -0.2) is 17.5 Å². The minimum absolute atomic E-state index is 0.221. The van der Waals surface area contributed by atoms with Crippen molar-refractivity contribution in [3.63, 3.8) is 0 Å². The molecule has 0 spiro atoms. The number of rotatable bonds is 2. The van der Waals surface area contributed by atoms with Crippen LogP contribution in [-0.2, 0) is 4.79 Å². The third-order valence-electron chi connectivity index (χ3n) is 2.74. The van der Waals surface area contributed by atoms with Crippen LogP contribution in [0.4, 0.5) is 8.78 Å². The van der Waals surface area contributed by atoms with E-state index in [9.17, 15) is 13.6 Å². The van der Waals surface area contributed by atoms with Crippen molar-refractivity contribution in [3.8, 4) is 0 Å². The lowest BCUT2D eigenvalue weighted by atomic mass is 9.70. The smallest absolute Gasteiger partial charge is 0.211 e. The van der Waals surface area contributed by atoms with Crippen molar-refractivity contribution in [3.05, 3.63) is 0 Å². The molecule has 0 amide bonds. The van der Waals surface area contributed by atoms with Crippen molar-refractivity contribution < 1.29 is 13.6 Å². The van der Waals surface area contributed by atoms with Gasteiger partial charge in [-0.25, -0.2) is 13.6 Å². The summed E-state index contributed by atoms with van der Waals surface area (Å²) in [5.41, 5.74) is -0.731. The van der Waals surface area contributed by atoms with Crippen LogP contribution in [0.1, 0.15) is 25.7 Å². The lowest BCUT2D eigenvalue weighted by molar-refractivity contribution is -0.127. The van der Waals surface area contributed by atoms with Crippen LogP contribution in [0.15, 0.2) is 4.99 Å². The predicted octanol–water partition coefficient (Wildman–Crippen LogP) is 1.90. The van der Waals surface area contributed by atoms with E-state index in [1.165, 1.54) is 6.08 Å². The molecule has 2 aliphatic rings. The van der Waals surface area contributed by atoms with Crippen LogP contribution >= 0.6 is 0 Å². The monoisotopic (exact) mass is 173 g/mol. The Balaban J connectivity index is 2.12. The second kappa shape index (κ2) is 2.13. The summed E-state index contributed by atoms with van der Waals surface area (Å²) in [4.78, 5) is 13.6. The van der Waals surface area contributed by atoms with Crippen molar-refractivity contribution in [1.29, 1.82) is 0 Å². The highest BCUT2D eigenvalue weighted by molar-refractivity contribution is 5.37. The molecule has 0 saturated heterocycles. The second-order valence-electron chi connectivity index (χ2n) is 3.79. The molecule has 0 unspecified atom stereocenters. The Morgan fingerprint density at radius 3 is 2.25 bits per heavy atom. The Kier molecular flexibility index (Phi) is 1.40. The molecule has 0 heterocycles. The molecular weight excluding hydrogens is 164 g/mol. The number of aliphatic imine (C=N–C) groups is 1. The van der Waals surface area contributed by atoms with E-state index in [0.717, 1.165) is 12.8 Å². The maximum atomic E-state index is 12.6. The lowest BCUT2D eigenvalue weighted by Crippen LogP contribution is -2.51. The largest absolute Gasteiger partial charge is 0.252 e. The van der Waals surface area contributed by atoms with Gasteiger partial charge in [-0.2, -0.15) is 4.99 Å². The zero-order chi connectivity index (χ0) is 8.82. The summed E-state index contributed by atoms with van der Waals surface area (Å²) in [5, 5.41) is 0. The van der Waals surface area contributed by atoms with Crippen LogP contribution in [0.2, 0.25) is 0 Å². The summed E-state index contributed by atoms with van der Waals surface area (Å²) in [7, 11) is 0. The Morgan fingerprint density at radius 2 is 1.92 bits per heavy atom. The van der Waals surface area contributed by atoms with Gasteiger partial charge in [-0.3, -0.25) is 0 Å². The van der Waals surface area contributed by atoms with Gasteiger partial charge in [0.2, 0.25) is 6.08 Å². The molecule has 2 saturated carbocycles. The number of carbonyl (C=O) groups excluding carboxylic acids is 1. The molecule has 0 aromatic heterocycles. The first kappa shape index (κ1) is 7.87. The summed E-state index contributed by atoms with van der Waals surface area (Å²) in [6, 6.07) is 0. The fourth-order valence-electron chi connectivity index (χ4n) is 2.01. The molecular formula is C8H9F2NO. The normalized spacial score (nSPS) is 30.2. The van der Waals surface area contributed by atoms with Crippen LogP contribution in [0.3, 0.4) is 0 Å². The number of isocyanates is 1. The van der Waals surface area contributed by atoms with Crippen LogP contribution in [0, 0.1) is 5.92 Å². The Bertz CT molecular complexity index is 246. The predicted molar refractivity (Wildman–Crippen MR) is 37.8 cm³/mol. The topological polar surface area (TPSA) is 29.4 Å². The SMILES string of the molecule is O=C=NC1(C2CC2)CC(F)(F)C1. The maximum absolute atomic E-state index is 12.6. The highest BCUT2D eigenvalue weighted by Gasteiger charge is 2.63. The molecule has 2 nitrogen and oxygen atoms in total. The summed E-state index contributed by atoms with van der Waals surface area (Å²) < 4.78 is 25.1. The van der Waals surface area contributed by atoms with Crippen LogP contribution in [0.5, 0.6) is 0 Å². The van der Waals surface area contributed by atoms with Gasteiger partial charge < -0.3 is 0 Å². The van der Waals surface area contributed by atoms with E-state index in [4.69, 9.17) is 0 Å². The molecule has 66 valence electrons. The molecule has 2 fully saturated rings. The summed E-state index contributed by atoms with van der Waals surface area (Å²) in [6.07, 6.45) is 2.77. The Labute approximate surface area is 68.7 Å². The van der Waals surface area contributed by atoms with Crippen LogP contribution in [0.25, 0.3) is 0 Å². The van der Waals surface area contributed by atoms with E-state index in [-0.39, 0.29) is 18.8 Å². The van der Waals surface area contributed by atoms with Gasteiger partial charge in [0.05, 0.1) is 5.54 Å². The van der Waals surface area contributed by atoms with E-state index in [2.05, 4.69) is 4.99 Å². The molecule has 0 aromatic carbocycles. The minimum Gasteiger partial charge on any atom is -0.211 e. The highest BCUT2D eigenvalue weighted by Crippen LogP contribution is 2.58. The Hall–Kier alpha value is -0.760. The molecule has 0 N–H and O–H groups in total. The number of halogens is 2. The molecule has 0 bridgehead atoms. The van der Waals surface area contributed by atoms with Gasteiger partial charge >= 0.3 is 0 Å². The molecule has 12 heavy (non-hydrogen) atoms. The maximum Gasteiger partial charge on any atom is 0.252 e. The van der Waals surface area contributed by atoms with E-state index < -0.39 is 11.5 Å². The van der Waals surface area contributed by atoms with Crippen molar-refractivity contribution in [2.24, 2.45) is 10.9 Å². The number of hydrogen-bond donors (Lipinski definition) is 0. The first-order valence-electron chi connectivity index (χ1n) is 4.05. The zero-order valence-corrected chi connectivity index (χ0v) is 6.52. The molecule has 0 aliphatic heterocycles. The van der Waals surface area contributed by atoms with Crippen molar-refractivity contribution in [2.75, 3.05) is 0 Å². The standard InChI is InChI=1S/C8H9F2NO/c9-8(10)3-7(4-8,11-5-12)6-1-2-6/h6H,1-4H2. The van der Waals surface area contributed by atoms with Gasteiger partial charge in [0.25, 0.3) is 5.92 Å². The van der Waals surface area contributed by atoms with Crippen LogP contribution < -0.4 is 0 Å². The molecule has 0 aromatic rings. The number of nitrogens with zero attached hydrogens (tertiary/aromatic N) is 1.